The zero-order chi connectivity index (χ0) is 11.8. The molecule has 2 heterocycles. The molecule has 2 aliphatic rings. The van der Waals surface area contributed by atoms with E-state index in [2.05, 4.69) is 15.5 Å². The van der Waals surface area contributed by atoms with E-state index in [0.29, 0.717) is 6.10 Å². The minimum absolute atomic E-state index is 0.467. The molecular weight excluding hydrogens is 214 g/mol. The Morgan fingerprint density at radius 3 is 3.06 bits per heavy atom. The molecule has 4 nitrogen and oxygen atoms in total. The summed E-state index contributed by atoms with van der Waals surface area (Å²) < 4.78 is 5.70. The minimum Gasteiger partial charge on any atom is -0.377 e. The van der Waals surface area contributed by atoms with Crippen molar-refractivity contribution in [2.75, 3.05) is 52.4 Å². The van der Waals surface area contributed by atoms with Crippen molar-refractivity contribution >= 4 is 0 Å². The fraction of sp³-hybridized carbons (Fsp3) is 1.00. The Hall–Kier alpha value is -0.160. The minimum atomic E-state index is 0.467. The summed E-state index contributed by atoms with van der Waals surface area (Å²) in [6.07, 6.45) is 5.57. The van der Waals surface area contributed by atoms with Gasteiger partial charge in [0.05, 0.1) is 6.10 Å². The summed E-state index contributed by atoms with van der Waals surface area (Å²) in [7, 11) is 0. The standard InChI is InChI=1S/C13H27N3O/c1-2-11-17-13(4-1)12-15-7-10-16-8-3-5-14-6-9-16/h13-15H,1-12H2. The van der Waals surface area contributed by atoms with Crippen LogP contribution in [0.25, 0.3) is 0 Å². The first-order valence-electron chi connectivity index (χ1n) is 7.20. The summed E-state index contributed by atoms with van der Waals surface area (Å²) >= 11 is 0. The van der Waals surface area contributed by atoms with Crippen molar-refractivity contribution in [1.29, 1.82) is 0 Å². The third-order valence-electron chi connectivity index (χ3n) is 3.68. The number of rotatable bonds is 5. The molecule has 0 bridgehead atoms. The fourth-order valence-electron chi connectivity index (χ4n) is 2.59. The number of hydrogen-bond donors (Lipinski definition) is 2. The van der Waals surface area contributed by atoms with Gasteiger partial charge in [0.2, 0.25) is 0 Å². The van der Waals surface area contributed by atoms with E-state index >= 15 is 0 Å². The van der Waals surface area contributed by atoms with Gasteiger partial charge in [0, 0.05) is 39.3 Å². The van der Waals surface area contributed by atoms with Crippen molar-refractivity contribution in [2.45, 2.75) is 31.8 Å². The lowest BCUT2D eigenvalue weighted by Gasteiger charge is -2.24. The first kappa shape index (κ1) is 13.3. The normalized spacial score (nSPS) is 27.9. The van der Waals surface area contributed by atoms with E-state index in [9.17, 15) is 0 Å². The summed E-state index contributed by atoms with van der Waals surface area (Å²) in [5.41, 5.74) is 0. The van der Waals surface area contributed by atoms with Crippen LogP contribution < -0.4 is 10.6 Å². The molecule has 0 amide bonds. The van der Waals surface area contributed by atoms with Gasteiger partial charge in [-0.15, -0.1) is 0 Å². The smallest absolute Gasteiger partial charge is 0.0699 e. The Kier molecular flexibility index (Phi) is 6.27. The largest absolute Gasteiger partial charge is 0.377 e. The van der Waals surface area contributed by atoms with E-state index in [4.69, 9.17) is 4.74 Å². The number of ether oxygens (including phenoxy) is 1. The second-order valence-electron chi connectivity index (χ2n) is 5.14. The molecule has 2 saturated heterocycles. The van der Waals surface area contributed by atoms with Gasteiger partial charge in [-0.2, -0.15) is 0 Å². The topological polar surface area (TPSA) is 36.5 Å². The second kappa shape index (κ2) is 8.03. The highest BCUT2D eigenvalue weighted by atomic mass is 16.5. The second-order valence-corrected chi connectivity index (χ2v) is 5.14. The van der Waals surface area contributed by atoms with Crippen LogP contribution in [0.15, 0.2) is 0 Å². The molecule has 0 radical (unpaired) electrons. The molecule has 2 rings (SSSR count). The van der Waals surface area contributed by atoms with Crippen molar-refractivity contribution in [3.63, 3.8) is 0 Å². The quantitative estimate of drug-likeness (QED) is 0.685. The number of nitrogens with zero attached hydrogens (tertiary/aromatic N) is 1. The zero-order valence-corrected chi connectivity index (χ0v) is 10.9. The van der Waals surface area contributed by atoms with Crippen molar-refractivity contribution in [2.24, 2.45) is 0 Å². The number of nitrogens with one attached hydrogen (secondary N) is 2. The first-order valence-corrected chi connectivity index (χ1v) is 7.20. The Balaban J connectivity index is 1.49. The summed E-state index contributed by atoms with van der Waals surface area (Å²) in [4.78, 5) is 2.55. The summed E-state index contributed by atoms with van der Waals surface area (Å²) in [6, 6.07) is 0. The van der Waals surface area contributed by atoms with E-state index in [1.165, 1.54) is 51.9 Å². The highest BCUT2D eigenvalue weighted by Gasteiger charge is 2.13. The Labute approximate surface area is 105 Å². The average Bonchev–Trinajstić information content (AvgIpc) is 2.65. The molecule has 4 heteroatoms. The van der Waals surface area contributed by atoms with E-state index in [0.717, 1.165) is 26.2 Å². The monoisotopic (exact) mass is 241 g/mol. The van der Waals surface area contributed by atoms with Gasteiger partial charge in [-0.25, -0.2) is 0 Å². The first-order chi connectivity index (χ1) is 8.45. The molecule has 2 N–H and O–H groups in total. The molecule has 0 saturated carbocycles. The van der Waals surface area contributed by atoms with Crippen LogP contribution in [-0.2, 0) is 4.74 Å². The van der Waals surface area contributed by atoms with Crippen molar-refractivity contribution in [3.05, 3.63) is 0 Å². The Bertz CT molecular complexity index is 187. The molecule has 0 aromatic heterocycles. The van der Waals surface area contributed by atoms with Crippen LogP contribution in [0.3, 0.4) is 0 Å². The maximum absolute atomic E-state index is 5.70. The van der Waals surface area contributed by atoms with Crippen LogP contribution in [0, 0.1) is 0 Å². The van der Waals surface area contributed by atoms with Gasteiger partial charge in [-0.1, -0.05) is 0 Å². The maximum atomic E-state index is 5.70. The van der Waals surface area contributed by atoms with Gasteiger partial charge in [0.25, 0.3) is 0 Å². The van der Waals surface area contributed by atoms with Gasteiger partial charge in [0.1, 0.15) is 0 Å². The highest BCUT2D eigenvalue weighted by molar-refractivity contribution is 4.69. The molecule has 1 atom stereocenters. The summed E-state index contributed by atoms with van der Waals surface area (Å²) in [5.74, 6) is 0. The van der Waals surface area contributed by atoms with Gasteiger partial charge in [-0.3, -0.25) is 0 Å². The van der Waals surface area contributed by atoms with Crippen LogP contribution in [0.2, 0.25) is 0 Å². The predicted molar refractivity (Wildman–Crippen MR) is 70.4 cm³/mol. The van der Waals surface area contributed by atoms with Gasteiger partial charge in [-0.05, 0) is 38.8 Å². The lowest BCUT2D eigenvalue weighted by molar-refractivity contribution is 0.0168. The van der Waals surface area contributed by atoms with Crippen LogP contribution in [0.5, 0.6) is 0 Å². The predicted octanol–water partition coefficient (Wildman–Crippen LogP) is 0.440. The molecule has 0 aromatic rings. The van der Waals surface area contributed by atoms with Crippen LogP contribution in [0.1, 0.15) is 25.7 Å². The SMILES string of the molecule is C1CCC(CNCCN2CCCNCC2)OC1. The molecule has 2 fully saturated rings. The highest BCUT2D eigenvalue weighted by Crippen LogP contribution is 2.11. The van der Waals surface area contributed by atoms with E-state index in [1.807, 2.05) is 0 Å². The van der Waals surface area contributed by atoms with E-state index in [1.54, 1.807) is 0 Å². The lowest BCUT2D eigenvalue weighted by Crippen LogP contribution is -2.38. The van der Waals surface area contributed by atoms with E-state index < -0.39 is 0 Å². The van der Waals surface area contributed by atoms with Gasteiger partial charge < -0.3 is 20.3 Å². The van der Waals surface area contributed by atoms with Gasteiger partial charge in [0.15, 0.2) is 0 Å². The molecular formula is C13H27N3O. The Morgan fingerprint density at radius 2 is 2.18 bits per heavy atom. The van der Waals surface area contributed by atoms with Crippen LogP contribution in [-0.4, -0.2) is 63.4 Å². The molecule has 2 aliphatic heterocycles. The van der Waals surface area contributed by atoms with Crippen molar-refractivity contribution < 1.29 is 4.74 Å². The van der Waals surface area contributed by atoms with Crippen LogP contribution >= 0.6 is 0 Å². The third kappa shape index (κ3) is 5.34. The molecule has 0 spiro atoms. The van der Waals surface area contributed by atoms with Crippen molar-refractivity contribution in [1.82, 2.24) is 15.5 Å². The molecule has 1 unspecified atom stereocenters. The van der Waals surface area contributed by atoms with Gasteiger partial charge >= 0.3 is 0 Å². The summed E-state index contributed by atoms with van der Waals surface area (Å²) in [6.45, 7) is 9.03. The summed E-state index contributed by atoms with van der Waals surface area (Å²) in [5, 5.41) is 6.97. The van der Waals surface area contributed by atoms with Crippen molar-refractivity contribution in [3.8, 4) is 0 Å². The molecule has 17 heavy (non-hydrogen) atoms. The molecule has 100 valence electrons. The third-order valence-corrected chi connectivity index (χ3v) is 3.68. The zero-order valence-electron chi connectivity index (χ0n) is 10.9. The Morgan fingerprint density at radius 1 is 1.18 bits per heavy atom. The fourth-order valence-corrected chi connectivity index (χ4v) is 2.59. The number of hydrogen-bond acceptors (Lipinski definition) is 4. The van der Waals surface area contributed by atoms with Crippen LogP contribution in [0.4, 0.5) is 0 Å². The lowest BCUT2D eigenvalue weighted by atomic mass is 10.1. The maximum Gasteiger partial charge on any atom is 0.0699 e. The average molecular weight is 241 g/mol. The molecule has 0 aromatic carbocycles. The van der Waals surface area contributed by atoms with E-state index in [-0.39, 0.29) is 0 Å². The molecule has 0 aliphatic carbocycles.